The molecule has 2 fully saturated rings. The normalized spacial score (nSPS) is 21.6. The number of nitriles is 1. The van der Waals surface area contributed by atoms with Crippen LogP contribution in [0, 0.1) is 24.2 Å². The van der Waals surface area contributed by atoms with E-state index in [-0.39, 0.29) is 35.6 Å². The number of rotatable bonds is 3. The average molecular weight is 377 g/mol. The smallest absolute Gasteiger partial charge is 0.258 e. The van der Waals surface area contributed by atoms with Crippen LogP contribution in [-0.2, 0) is 16.1 Å². The lowest BCUT2D eigenvalue weighted by Gasteiger charge is -2.34. The number of piperidine rings is 1. The number of benzene rings is 1. The fourth-order valence-electron chi connectivity index (χ4n) is 4.08. The van der Waals surface area contributed by atoms with Crippen molar-refractivity contribution in [1.82, 2.24) is 9.80 Å². The summed E-state index contributed by atoms with van der Waals surface area (Å²) in [6, 6.07) is 11.8. The first-order valence-electron chi connectivity index (χ1n) is 9.22. The molecular formula is C21H19N3O4. The summed E-state index contributed by atoms with van der Waals surface area (Å²) in [4.78, 5) is 41.8. The monoisotopic (exact) mass is 377 g/mol. The second-order valence-electron chi connectivity index (χ2n) is 7.13. The third-order valence-corrected chi connectivity index (χ3v) is 5.44. The number of hydrogen-bond donors (Lipinski definition) is 0. The topological polar surface area (TPSA) is 94.6 Å². The Morgan fingerprint density at radius 2 is 2.00 bits per heavy atom. The lowest BCUT2D eigenvalue weighted by atomic mass is 9.90. The first kappa shape index (κ1) is 18.0. The number of carbonyl (C=O) groups is 3. The lowest BCUT2D eigenvalue weighted by molar-refractivity contribution is -0.140. The highest BCUT2D eigenvalue weighted by Crippen LogP contribution is 2.35. The standard InChI is InChI=1S/C21H19N3O4/c1-13-17(10-15(11-22)28-13)20(26)23-9-5-8-16-18(23)21(27)24(19(16)25)12-14-6-3-2-4-7-14/h2-4,6-7,10,16,18H,5,8-9,12H2,1H3/t16-,18+/m1/s1. The number of nitrogens with zero attached hydrogens (tertiary/aromatic N) is 3. The highest BCUT2D eigenvalue weighted by molar-refractivity contribution is 6.09. The van der Waals surface area contributed by atoms with E-state index in [1.807, 2.05) is 36.4 Å². The number of carbonyl (C=O) groups excluding carboxylic acids is 3. The molecule has 3 amide bonds. The number of likely N-dealkylation sites (tertiary alicyclic amines) is 2. The Balaban J connectivity index is 1.62. The summed E-state index contributed by atoms with van der Waals surface area (Å²) in [5.74, 6) is -1.07. The summed E-state index contributed by atoms with van der Waals surface area (Å²) >= 11 is 0. The quantitative estimate of drug-likeness (QED) is 0.765. The molecular weight excluding hydrogens is 358 g/mol. The number of hydrogen-bond acceptors (Lipinski definition) is 5. The van der Waals surface area contributed by atoms with Gasteiger partial charge in [0.05, 0.1) is 18.0 Å². The molecule has 0 unspecified atom stereocenters. The highest BCUT2D eigenvalue weighted by atomic mass is 16.3. The zero-order valence-corrected chi connectivity index (χ0v) is 15.4. The Hall–Kier alpha value is -3.40. The summed E-state index contributed by atoms with van der Waals surface area (Å²) in [6.45, 7) is 2.21. The van der Waals surface area contributed by atoms with E-state index in [0.717, 1.165) is 5.56 Å². The molecule has 0 spiro atoms. The molecule has 1 aromatic carbocycles. The number of amides is 3. The van der Waals surface area contributed by atoms with Gasteiger partial charge in [0, 0.05) is 12.6 Å². The van der Waals surface area contributed by atoms with Crippen LogP contribution in [-0.4, -0.2) is 40.1 Å². The Kier molecular flexibility index (Phi) is 4.47. The van der Waals surface area contributed by atoms with E-state index in [2.05, 4.69) is 0 Å². The summed E-state index contributed by atoms with van der Waals surface area (Å²) in [5, 5.41) is 9.00. The van der Waals surface area contributed by atoms with E-state index in [1.165, 1.54) is 15.9 Å². The summed E-state index contributed by atoms with van der Waals surface area (Å²) in [6.07, 6.45) is 1.23. The molecule has 142 valence electrons. The largest absolute Gasteiger partial charge is 0.450 e. The predicted molar refractivity (Wildman–Crippen MR) is 97.7 cm³/mol. The van der Waals surface area contributed by atoms with Crippen molar-refractivity contribution in [2.45, 2.75) is 32.4 Å². The Morgan fingerprint density at radius 3 is 2.68 bits per heavy atom. The highest BCUT2D eigenvalue weighted by Gasteiger charge is 2.53. The maximum atomic E-state index is 13.1. The molecule has 0 saturated carbocycles. The lowest BCUT2D eigenvalue weighted by Crippen LogP contribution is -2.50. The van der Waals surface area contributed by atoms with Gasteiger partial charge in [-0.3, -0.25) is 19.3 Å². The van der Waals surface area contributed by atoms with Gasteiger partial charge in [-0.15, -0.1) is 0 Å². The van der Waals surface area contributed by atoms with Crippen molar-refractivity contribution >= 4 is 17.7 Å². The second-order valence-corrected chi connectivity index (χ2v) is 7.13. The van der Waals surface area contributed by atoms with Crippen LogP contribution < -0.4 is 0 Å². The molecule has 7 nitrogen and oxygen atoms in total. The SMILES string of the molecule is Cc1oc(C#N)cc1C(=O)N1CCC[C@H]2C(=O)N(Cc3ccccc3)C(=O)[C@H]21. The minimum absolute atomic E-state index is 0.0499. The third kappa shape index (κ3) is 2.87. The number of aryl methyl sites for hydroxylation is 1. The van der Waals surface area contributed by atoms with E-state index in [0.29, 0.717) is 25.1 Å². The number of fused-ring (bicyclic) bond motifs is 1. The predicted octanol–water partition coefficient (Wildman–Crippen LogP) is 2.25. The summed E-state index contributed by atoms with van der Waals surface area (Å²) in [5.41, 5.74) is 1.13. The summed E-state index contributed by atoms with van der Waals surface area (Å²) in [7, 11) is 0. The van der Waals surface area contributed by atoms with Crippen molar-refractivity contribution in [2.75, 3.05) is 6.54 Å². The zero-order valence-electron chi connectivity index (χ0n) is 15.4. The molecule has 2 aromatic rings. The molecule has 1 aromatic heterocycles. The van der Waals surface area contributed by atoms with Gasteiger partial charge in [0.25, 0.3) is 11.8 Å². The van der Waals surface area contributed by atoms with Gasteiger partial charge in [-0.05, 0) is 25.3 Å². The van der Waals surface area contributed by atoms with Crippen LogP contribution in [0.4, 0.5) is 0 Å². The van der Waals surface area contributed by atoms with Gasteiger partial charge in [0.15, 0.2) is 0 Å². The maximum Gasteiger partial charge on any atom is 0.258 e. The van der Waals surface area contributed by atoms with E-state index >= 15 is 0 Å². The molecule has 2 saturated heterocycles. The van der Waals surface area contributed by atoms with Gasteiger partial charge >= 0.3 is 0 Å². The van der Waals surface area contributed by atoms with E-state index in [9.17, 15) is 14.4 Å². The van der Waals surface area contributed by atoms with Crippen molar-refractivity contribution < 1.29 is 18.8 Å². The second kappa shape index (κ2) is 6.97. The van der Waals surface area contributed by atoms with Crippen LogP contribution in [0.15, 0.2) is 40.8 Å². The molecule has 0 bridgehead atoms. The molecule has 0 aliphatic carbocycles. The number of furan rings is 1. The van der Waals surface area contributed by atoms with E-state index in [1.54, 1.807) is 6.92 Å². The van der Waals surface area contributed by atoms with Gasteiger partial charge in [-0.2, -0.15) is 5.26 Å². The average Bonchev–Trinajstić information content (AvgIpc) is 3.21. The van der Waals surface area contributed by atoms with Gasteiger partial charge in [0.1, 0.15) is 17.9 Å². The number of imide groups is 1. The van der Waals surface area contributed by atoms with Crippen LogP contribution in [0.2, 0.25) is 0 Å². The molecule has 2 aliphatic heterocycles. The molecule has 2 aliphatic rings. The maximum absolute atomic E-state index is 13.1. The van der Waals surface area contributed by atoms with Crippen LogP contribution in [0.3, 0.4) is 0 Å². The van der Waals surface area contributed by atoms with Crippen molar-refractivity contribution in [1.29, 1.82) is 5.26 Å². The minimum atomic E-state index is -0.794. The molecule has 7 heteroatoms. The fourth-order valence-corrected chi connectivity index (χ4v) is 4.08. The Labute approximate surface area is 162 Å². The summed E-state index contributed by atoms with van der Waals surface area (Å²) < 4.78 is 5.26. The minimum Gasteiger partial charge on any atom is -0.450 e. The molecule has 4 rings (SSSR count). The van der Waals surface area contributed by atoms with Crippen LogP contribution in [0.5, 0.6) is 0 Å². The van der Waals surface area contributed by atoms with Crippen molar-refractivity contribution in [2.24, 2.45) is 5.92 Å². The van der Waals surface area contributed by atoms with Crippen LogP contribution in [0.1, 0.15) is 40.3 Å². The first-order chi connectivity index (χ1) is 13.5. The van der Waals surface area contributed by atoms with Gasteiger partial charge in [-0.25, -0.2) is 0 Å². The molecule has 3 heterocycles. The molecule has 0 N–H and O–H groups in total. The molecule has 0 radical (unpaired) electrons. The van der Waals surface area contributed by atoms with E-state index < -0.39 is 12.0 Å². The first-order valence-corrected chi connectivity index (χ1v) is 9.22. The van der Waals surface area contributed by atoms with Crippen LogP contribution in [0.25, 0.3) is 0 Å². The van der Waals surface area contributed by atoms with Crippen molar-refractivity contribution in [3.63, 3.8) is 0 Å². The zero-order chi connectivity index (χ0) is 19.8. The van der Waals surface area contributed by atoms with Gasteiger partial charge in [0.2, 0.25) is 11.7 Å². The third-order valence-electron chi connectivity index (χ3n) is 5.44. The van der Waals surface area contributed by atoms with E-state index in [4.69, 9.17) is 9.68 Å². The fraction of sp³-hybridized carbons (Fsp3) is 0.333. The molecule has 28 heavy (non-hydrogen) atoms. The van der Waals surface area contributed by atoms with Crippen molar-refractivity contribution in [3.8, 4) is 6.07 Å². The Bertz CT molecular complexity index is 989. The van der Waals surface area contributed by atoms with Crippen LogP contribution >= 0.6 is 0 Å². The van der Waals surface area contributed by atoms with Gasteiger partial charge < -0.3 is 9.32 Å². The van der Waals surface area contributed by atoms with Gasteiger partial charge in [-0.1, -0.05) is 30.3 Å². The van der Waals surface area contributed by atoms with Crippen molar-refractivity contribution in [3.05, 3.63) is 59.0 Å². The Morgan fingerprint density at radius 1 is 1.25 bits per heavy atom. The molecule has 2 atom stereocenters.